The number of carbonyl (C=O) groups excluding carboxylic acids is 1. The van der Waals surface area contributed by atoms with E-state index in [2.05, 4.69) is 64.6 Å². The fourth-order valence-corrected chi connectivity index (χ4v) is 4.49. The van der Waals surface area contributed by atoms with E-state index in [1.54, 1.807) is 23.5 Å². The molecule has 0 bridgehead atoms. The molecule has 2 fully saturated rings. The summed E-state index contributed by atoms with van der Waals surface area (Å²) in [4.78, 5) is 25.0. The van der Waals surface area contributed by atoms with Gasteiger partial charge < -0.3 is 5.32 Å². The second-order valence-electron chi connectivity index (χ2n) is 7.65. The molecule has 6 nitrogen and oxygen atoms in total. The van der Waals surface area contributed by atoms with Crippen LogP contribution in [0.25, 0.3) is 0 Å². The van der Waals surface area contributed by atoms with Gasteiger partial charge in [0, 0.05) is 17.9 Å². The summed E-state index contributed by atoms with van der Waals surface area (Å²) in [5.74, 6) is 0.620. The van der Waals surface area contributed by atoms with Crippen LogP contribution in [0.1, 0.15) is 31.2 Å². The van der Waals surface area contributed by atoms with Crippen molar-refractivity contribution in [1.82, 2.24) is 20.2 Å². The zero-order valence-corrected chi connectivity index (χ0v) is 15.4. The molecule has 136 valence electrons. The SMILES string of the molecule is CN(C)[C@]1(c2ccccc2)CC[C@]2(CC1)CN(c1cnccn1)C(=O)N2. The van der Waals surface area contributed by atoms with Crippen LogP contribution in [-0.4, -0.2) is 47.1 Å². The van der Waals surface area contributed by atoms with Gasteiger partial charge in [-0.3, -0.25) is 14.8 Å². The van der Waals surface area contributed by atoms with Gasteiger partial charge in [0.2, 0.25) is 0 Å². The lowest BCUT2D eigenvalue weighted by atomic mass is 9.69. The van der Waals surface area contributed by atoms with E-state index in [1.165, 1.54) is 5.56 Å². The van der Waals surface area contributed by atoms with Gasteiger partial charge in [0.05, 0.1) is 18.3 Å². The Morgan fingerprint density at radius 1 is 1.08 bits per heavy atom. The minimum atomic E-state index is -0.178. The Morgan fingerprint density at radius 3 is 2.42 bits per heavy atom. The van der Waals surface area contributed by atoms with E-state index in [4.69, 9.17) is 0 Å². The average molecular weight is 351 g/mol. The van der Waals surface area contributed by atoms with Crippen molar-refractivity contribution in [1.29, 1.82) is 0 Å². The van der Waals surface area contributed by atoms with Crippen molar-refractivity contribution in [2.75, 3.05) is 25.5 Å². The number of rotatable bonds is 3. The van der Waals surface area contributed by atoms with Crippen molar-refractivity contribution in [2.24, 2.45) is 0 Å². The lowest BCUT2D eigenvalue weighted by Crippen LogP contribution is -2.54. The Hall–Kier alpha value is -2.47. The Morgan fingerprint density at radius 2 is 1.81 bits per heavy atom. The third-order valence-electron chi connectivity index (χ3n) is 6.11. The molecule has 1 aromatic carbocycles. The van der Waals surface area contributed by atoms with Crippen molar-refractivity contribution in [3.8, 4) is 0 Å². The van der Waals surface area contributed by atoms with Gasteiger partial charge in [-0.15, -0.1) is 0 Å². The first-order valence-corrected chi connectivity index (χ1v) is 9.13. The highest BCUT2D eigenvalue weighted by Crippen LogP contribution is 2.46. The maximum atomic E-state index is 12.5. The molecule has 0 unspecified atom stereocenters. The molecule has 26 heavy (non-hydrogen) atoms. The van der Waals surface area contributed by atoms with Gasteiger partial charge in [-0.2, -0.15) is 0 Å². The van der Waals surface area contributed by atoms with E-state index in [0.717, 1.165) is 25.7 Å². The first-order chi connectivity index (χ1) is 12.5. The Labute approximate surface area is 154 Å². The molecule has 0 atom stereocenters. The van der Waals surface area contributed by atoms with Gasteiger partial charge in [-0.1, -0.05) is 30.3 Å². The summed E-state index contributed by atoms with van der Waals surface area (Å²) in [6, 6.07) is 10.7. The maximum absolute atomic E-state index is 12.5. The number of anilines is 1. The molecule has 1 saturated heterocycles. The molecule has 4 rings (SSSR count). The fraction of sp³-hybridized carbons (Fsp3) is 0.450. The molecule has 0 radical (unpaired) electrons. The van der Waals surface area contributed by atoms with Crippen molar-refractivity contribution < 1.29 is 4.79 Å². The molecule has 2 amide bonds. The molecular weight excluding hydrogens is 326 g/mol. The molecule has 2 aromatic rings. The highest BCUT2D eigenvalue weighted by atomic mass is 16.2. The average Bonchev–Trinajstić information content (AvgIpc) is 3.00. The van der Waals surface area contributed by atoms with Crippen LogP contribution in [-0.2, 0) is 5.54 Å². The summed E-state index contributed by atoms with van der Waals surface area (Å²) in [5, 5.41) is 3.25. The molecule has 1 aromatic heterocycles. The number of benzene rings is 1. The number of urea groups is 1. The second-order valence-corrected chi connectivity index (χ2v) is 7.65. The van der Waals surface area contributed by atoms with Crippen LogP contribution < -0.4 is 10.2 Å². The van der Waals surface area contributed by atoms with Gasteiger partial charge in [-0.05, 0) is 45.3 Å². The lowest BCUT2D eigenvalue weighted by Gasteiger charge is -2.48. The second kappa shape index (κ2) is 6.36. The van der Waals surface area contributed by atoms with Crippen LogP contribution in [0.15, 0.2) is 48.9 Å². The van der Waals surface area contributed by atoms with E-state index >= 15 is 0 Å². The highest BCUT2D eigenvalue weighted by molar-refractivity contribution is 5.94. The zero-order chi connectivity index (χ0) is 18.2. The zero-order valence-electron chi connectivity index (χ0n) is 15.4. The normalized spacial score (nSPS) is 28.6. The summed E-state index contributed by atoms with van der Waals surface area (Å²) in [6.45, 7) is 0.656. The molecular formula is C20H25N5O. The first-order valence-electron chi connectivity index (χ1n) is 9.13. The number of carbonyl (C=O) groups is 1. The predicted octanol–water partition coefficient (Wildman–Crippen LogP) is 2.78. The van der Waals surface area contributed by atoms with Gasteiger partial charge in [0.1, 0.15) is 0 Å². The van der Waals surface area contributed by atoms with Crippen molar-refractivity contribution in [3.63, 3.8) is 0 Å². The summed E-state index contributed by atoms with van der Waals surface area (Å²) >= 11 is 0. The maximum Gasteiger partial charge on any atom is 0.323 e. The van der Waals surface area contributed by atoms with Crippen LogP contribution >= 0.6 is 0 Å². The molecule has 1 N–H and O–H groups in total. The summed E-state index contributed by atoms with van der Waals surface area (Å²) in [5.41, 5.74) is 1.20. The van der Waals surface area contributed by atoms with Gasteiger partial charge in [0.25, 0.3) is 0 Å². The van der Waals surface area contributed by atoms with Crippen molar-refractivity contribution >= 4 is 11.8 Å². The quantitative estimate of drug-likeness (QED) is 0.924. The van der Waals surface area contributed by atoms with E-state index in [-0.39, 0.29) is 17.1 Å². The smallest absolute Gasteiger partial charge is 0.323 e. The van der Waals surface area contributed by atoms with E-state index in [9.17, 15) is 4.79 Å². The minimum absolute atomic E-state index is 0.0250. The van der Waals surface area contributed by atoms with E-state index in [0.29, 0.717) is 12.4 Å². The largest absolute Gasteiger partial charge is 0.330 e. The molecule has 6 heteroatoms. The number of nitrogens with one attached hydrogen (secondary N) is 1. The third kappa shape index (κ3) is 2.74. The van der Waals surface area contributed by atoms with Crippen LogP contribution in [0.3, 0.4) is 0 Å². The first kappa shape index (κ1) is 17.0. The number of aromatic nitrogens is 2. The van der Waals surface area contributed by atoms with Crippen LogP contribution in [0.4, 0.5) is 10.6 Å². The number of hydrogen-bond donors (Lipinski definition) is 1. The van der Waals surface area contributed by atoms with Gasteiger partial charge >= 0.3 is 6.03 Å². The Balaban J connectivity index is 1.55. The molecule has 1 spiro atoms. The number of nitrogens with zero attached hydrogens (tertiary/aromatic N) is 4. The van der Waals surface area contributed by atoms with Crippen molar-refractivity contribution in [2.45, 2.75) is 36.8 Å². The topological polar surface area (TPSA) is 61.4 Å². The molecule has 1 aliphatic heterocycles. The summed E-state index contributed by atoms with van der Waals surface area (Å²) < 4.78 is 0. The standard InChI is InChI=1S/C20H25N5O/c1-24(2)20(16-6-4-3-5-7-16)10-8-19(9-11-20)15-25(18(26)23-19)17-14-21-12-13-22-17/h3-7,12-14H,8-11,15H2,1-2H3,(H,23,26)/t19-,20+. The van der Waals surface area contributed by atoms with Gasteiger partial charge in [0.15, 0.2) is 5.82 Å². The minimum Gasteiger partial charge on any atom is -0.330 e. The fourth-order valence-electron chi connectivity index (χ4n) is 4.49. The summed E-state index contributed by atoms with van der Waals surface area (Å²) in [7, 11) is 4.31. The Kier molecular flexibility index (Phi) is 4.15. The van der Waals surface area contributed by atoms with Crippen LogP contribution in [0, 0.1) is 0 Å². The Bertz CT molecular complexity index is 769. The molecule has 1 aliphatic carbocycles. The van der Waals surface area contributed by atoms with E-state index in [1.807, 2.05) is 0 Å². The molecule has 2 aliphatic rings. The third-order valence-corrected chi connectivity index (χ3v) is 6.11. The van der Waals surface area contributed by atoms with Crippen LogP contribution in [0.2, 0.25) is 0 Å². The molecule has 2 heterocycles. The summed E-state index contributed by atoms with van der Waals surface area (Å²) in [6.07, 6.45) is 8.82. The van der Waals surface area contributed by atoms with E-state index < -0.39 is 0 Å². The number of amides is 2. The lowest BCUT2D eigenvalue weighted by molar-refractivity contribution is 0.0657. The highest BCUT2D eigenvalue weighted by Gasteiger charge is 2.50. The monoisotopic (exact) mass is 351 g/mol. The van der Waals surface area contributed by atoms with Crippen LogP contribution in [0.5, 0.6) is 0 Å². The number of hydrogen-bond acceptors (Lipinski definition) is 4. The van der Waals surface area contributed by atoms with Crippen molar-refractivity contribution in [3.05, 3.63) is 54.5 Å². The van der Waals surface area contributed by atoms with Gasteiger partial charge in [-0.25, -0.2) is 9.78 Å². The predicted molar refractivity (Wildman–Crippen MR) is 101 cm³/mol. The molecule has 1 saturated carbocycles.